The number of ether oxygens (including phenoxy) is 2. The molecule has 1 fully saturated rings. The maximum absolute atomic E-state index is 12.1. The van der Waals surface area contributed by atoms with Crippen LogP contribution in [0.1, 0.15) is 43.0 Å². The topological polar surface area (TPSA) is 61.5 Å². The number of hydrogen-bond donors (Lipinski definition) is 1. The van der Waals surface area contributed by atoms with E-state index in [4.69, 9.17) is 15.2 Å². The zero-order valence-electron chi connectivity index (χ0n) is 11.5. The quantitative estimate of drug-likeness (QED) is 0.672. The van der Waals surface area contributed by atoms with E-state index in [-0.39, 0.29) is 12.1 Å². The van der Waals surface area contributed by atoms with E-state index in [0.717, 1.165) is 19.3 Å². The number of nitrogens with two attached hydrogens (primary N) is 1. The SMILES string of the molecule is COc1cc(N)cc(C(=O)OC2CCCC(C)C2)c1. The Balaban J connectivity index is 2.05. The zero-order valence-corrected chi connectivity index (χ0v) is 11.5. The van der Waals surface area contributed by atoms with Crippen molar-refractivity contribution in [3.05, 3.63) is 23.8 Å². The van der Waals surface area contributed by atoms with Gasteiger partial charge in [-0.05, 0) is 37.3 Å². The molecule has 0 radical (unpaired) electrons. The van der Waals surface area contributed by atoms with Gasteiger partial charge in [0.05, 0.1) is 12.7 Å². The van der Waals surface area contributed by atoms with Crippen LogP contribution in [0.3, 0.4) is 0 Å². The van der Waals surface area contributed by atoms with Crippen molar-refractivity contribution in [1.29, 1.82) is 0 Å². The Morgan fingerprint density at radius 2 is 2.11 bits per heavy atom. The number of nitrogen functional groups attached to an aromatic ring is 1. The van der Waals surface area contributed by atoms with Gasteiger partial charge in [-0.3, -0.25) is 0 Å². The van der Waals surface area contributed by atoms with Gasteiger partial charge in [0.25, 0.3) is 0 Å². The van der Waals surface area contributed by atoms with Gasteiger partial charge in [-0.25, -0.2) is 4.79 Å². The molecule has 0 aromatic heterocycles. The Hall–Kier alpha value is -1.71. The molecule has 4 heteroatoms. The maximum Gasteiger partial charge on any atom is 0.338 e. The van der Waals surface area contributed by atoms with E-state index in [9.17, 15) is 4.79 Å². The minimum atomic E-state index is -0.315. The second-order valence-electron chi connectivity index (χ2n) is 5.29. The first-order valence-corrected chi connectivity index (χ1v) is 6.74. The van der Waals surface area contributed by atoms with Gasteiger partial charge >= 0.3 is 5.97 Å². The second kappa shape index (κ2) is 5.95. The molecule has 1 aromatic carbocycles. The fraction of sp³-hybridized carbons (Fsp3) is 0.533. The van der Waals surface area contributed by atoms with Crippen molar-refractivity contribution in [2.75, 3.05) is 12.8 Å². The van der Waals surface area contributed by atoms with E-state index in [1.165, 1.54) is 6.42 Å². The molecule has 1 aliphatic carbocycles. The van der Waals surface area contributed by atoms with E-state index in [1.807, 2.05) is 0 Å². The molecule has 0 bridgehead atoms. The number of carbonyl (C=O) groups excluding carboxylic acids is 1. The van der Waals surface area contributed by atoms with Crippen LogP contribution in [-0.4, -0.2) is 19.2 Å². The van der Waals surface area contributed by atoms with Crippen molar-refractivity contribution in [3.63, 3.8) is 0 Å². The van der Waals surface area contributed by atoms with Crippen LogP contribution in [0.15, 0.2) is 18.2 Å². The van der Waals surface area contributed by atoms with Gasteiger partial charge in [-0.15, -0.1) is 0 Å². The molecule has 0 heterocycles. The van der Waals surface area contributed by atoms with Crippen LogP contribution in [-0.2, 0) is 4.74 Å². The van der Waals surface area contributed by atoms with Crippen molar-refractivity contribution in [3.8, 4) is 5.75 Å². The largest absolute Gasteiger partial charge is 0.497 e. The molecule has 2 N–H and O–H groups in total. The number of carbonyl (C=O) groups is 1. The first-order chi connectivity index (χ1) is 9.08. The number of benzene rings is 1. The lowest BCUT2D eigenvalue weighted by Crippen LogP contribution is -2.24. The van der Waals surface area contributed by atoms with Crippen molar-refractivity contribution in [2.45, 2.75) is 38.7 Å². The van der Waals surface area contributed by atoms with E-state index < -0.39 is 0 Å². The van der Waals surface area contributed by atoms with Gasteiger partial charge in [0.15, 0.2) is 0 Å². The van der Waals surface area contributed by atoms with Crippen molar-refractivity contribution in [1.82, 2.24) is 0 Å². The molecule has 104 valence electrons. The van der Waals surface area contributed by atoms with E-state index in [1.54, 1.807) is 25.3 Å². The van der Waals surface area contributed by atoms with Crippen LogP contribution in [0.25, 0.3) is 0 Å². The van der Waals surface area contributed by atoms with E-state index in [0.29, 0.717) is 22.9 Å². The summed E-state index contributed by atoms with van der Waals surface area (Å²) in [6.07, 6.45) is 4.28. The Morgan fingerprint density at radius 3 is 2.79 bits per heavy atom. The molecule has 2 atom stereocenters. The second-order valence-corrected chi connectivity index (χ2v) is 5.29. The van der Waals surface area contributed by atoms with Crippen LogP contribution in [0.4, 0.5) is 5.69 Å². The molecule has 0 saturated heterocycles. The molecular formula is C15H21NO3. The lowest BCUT2D eigenvalue weighted by Gasteiger charge is -2.26. The molecule has 0 amide bonds. The van der Waals surface area contributed by atoms with Crippen molar-refractivity contribution >= 4 is 11.7 Å². The first-order valence-electron chi connectivity index (χ1n) is 6.74. The Labute approximate surface area is 113 Å². The highest BCUT2D eigenvalue weighted by atomic mass is 16.5. The Morgan fingerprint density at radius 1 is 1.32 bits per heavy atom. The molecule has 0 aliphatic heterocycles. The molecule has 2 rings (SSSR count). The molecule has 1 saturated carbocycles. The van der Waals surface area contributed by atoms with Gasteiger partial charge in [0, 0.05) is 11.8 Å². The van der Waals surface area contributed by atoms with Gasteiger partial charge in [0.2, 0.25) is 0 Å². The summed E-state index contributed by atoms with van der Waals surface area (Å²) in [6, 6.07) is 4.96. The molecule has 1 aromatic rings. The van der Waals surface area contributed by atoms with Crippen LogP contribution in [0.5, 0.6) is 5.75 Å². The summed E-state index contributed by atoms with van der Waals surface area (Å²) in [5.74, 6) is 0.885. The summed E-state index contributed by atoms with van der Waals surface area (Å²) in [5, 5.41) is 0. The summed E-state index contributed by atoms with van der Waals surface area (Å²) in [7, 11) is 1.55. The molecular weight excluding hydrogens is 242 g/mol. The zero-order chi connectivity index (χ0) is 13.8. The summed E-state index contributed by atoms with van der Waals surface area (Å²) in [5.41, 5.74) is 6.70. The van der Waals surface area contributed by atoms with E-state index in [2.05, 4.69) is 6.92 Å². The number of methoxy groups -OCH3 is 1. The average Bonchev–Trinajstić information content (AvgIpc) is 2.38. The summed E-state index contributed by atoms with van der Waals surface area (Å²) >= 11 is 0. The third-order valence-electron chi connectivity index (χ3n) is 3.56. The lowest BCUT2D eigenvalue weighted by molar-refractivity contribution is 0.0155. The Kier molecular flexibility index (Phi) is 4.30. The predicted molar refractivity (Wildman–Crippen MR) is 74.2 cm³/mol. The van der Waals surface area contributed by atoms with Crippen LogP contribution < -0.4 is 10.5 Å². The van der Waals surface area contributed by atoms with Gasteiger partial charge in [-0.2, -0.15) is 0 Å². The third kappa shape index (κ3) is 3.63. The van der Waals surface area contributed by atoms with Gasteiger partial charge in [0.1, 0.15) is 11.9 Å². The maximum atomic E-state index is 12.1. The highest BCUT2D eigenvalue weighted by molar-refractivity contribution is 5.91. The highest BCUT2D eigenvalue weighted by Gasteiger charge is 2.23. The number of rotatable bonds is 3. The third-order valence-corrected chi connectivity index (χ3v) is 3.56. The normalized spacial score (nSPS) is 22.8. The van der Waals surface area contributed by atoms with Crippen LogP contribution in [0.2, 0.25) is 0 Å². The number of esters is 1. The van der Waals surface area contributed by atoms with Gasteiger partial charge < -0.3 is 15.2 Å². The smallest absolute Gasteiger partial charge is 0.338 e. The summed E-state index contributed by atoms with van der Waals surface area (Å²) < 4.78 is 10.7. The highest BCUT2D eigenvalue weighted by Crippen LogP contribution is 2.27. The number of hydrogen-bond acceptors (Lipinski definition) is 4. The first kappa shape index (κ1) is 13.7. The molecule has 2 unspecified atom stereocenters. The molecule has 0 spiro atoms. The van der Waals surface area contributed by atoms with Crippen LogP contribution in [0, 0.1) is 5.92 Å². The minimum Gasteiger partial charge on any atom is -0.497 e. The van der Waals surface area contributed by atoms with Crippen LogP contribution >= 0.6 is 0 Å². The average molecular weight is 263 g/mol. The minimum absolute atomic E-state index is 0.0312. The Bertz CT molecular complexity index is 459. The fourth-order valence-corrected chi connectivity index (χ4v) is 2.56. The summed E-state index contributed by atoms with van der Waals surface area (Å²) in [6.45, 7) is 2.20. The molecule has 1 aliphatic rings. The molecule has 19 heavy (non-hydrogen) atoms. The predicted octanol–water partition coefficient (Wildman–Crippen LogP) is 3.01. The van der Waals surface area contributed by atoms with Crippen molar-refractivity contribution in [2.24, 2.45) is 5.92 Å². The monoisotopic (exact) mass is 263 g/mol. The van der Waals surface area contributed by atoms with Crippen molar-refractivity contribution < 1.29 is 14.3 Å². The fourth-order valence-electron chi connectivity index (χ4n) is 2.56. The lowest BCUT2D eigenvalue weighted by atomic mass is 9.89. The summed E-state index contributed by atoms with van der Waals surface area (Å²) in [4.78, 5) is 12.1. The van der Waals surface area contributed by atoms with E-state index >= 15 is 0 Å². The van der Waals surface area contributed by atoms with Gasteiger partial charge in [-0.1, -0.05) is 13.3 Å². The standard InChI is InChI=1S/C15H21NO3/c1-10-4-3-5-13(6-10)19-15(17)11-7-12(16)9-14(8-11)18-2/h7-10,13H,3-6,16H2,1-2H3. The molecule has 4 nitrogen and oxygen atoms in total. The number of anilines is 1.